The first kappa shape index (κ1) is 45.1. The third kappa shape index (κ3) is 6.38. The Kier molecular flexibility index (Phi) is 11.6. The minimum Gasteiger partial charge on any atom is -0.496 e. The number of hydrogen-bond donors (Lipinski definition) is 2. The number of hydrogen-bond acceptors (Lipinski definition) is 11. The second-order valence-corrected chi connectivity index (χ2v) is 18.7. The fourth-order valence-electron chi connectivity index (χ4n) is 13.2. The highest BCUT2D eigenvalue weighted by molar-refractivity contribution is 5.95. The van der Waals surface area contributed by atoms with Crippen molar-refractivity contribution in [3.8, 4) is 5.75 Å². The van der Waals surface area contributed by atoms with Crippen LogP contribution in [0.15, 0.2) is 42.5 Å². The molecule has 0 radical (unpaired) electrons. The number of benzene rings is 2. The molecule has 1 saturated carbocycles. The number of aromatic amines is 1. The average molecular weight is 875 g/mol. The van der Waals surface area contributed by atoms with Gasteiger partial charge in [0.05, 0.1) is 27.4 Å². The molecule has 8 atom stereocenters. The maximum Gasteiger partial charge on any atom is 0.344 e. The Morgan fingerprint density at radius 1 is 0.984 bits per heavy atom. The minimum absolute atomic E-state index is 0.123. The molecular weight excluding hydrogens is 811 g/mol. The van der Waals surface area contributed by atoms with E-state index in [1.807, 2.05) is 56.1 Å². The largest absolute Gasteiger partial charge is 0.496 e. The van der Waals surface area contributed by atoms with E-state index in [0.29, 0.717) is 68.1 Å². The van der Waals surface area contributed by atoms with Crippen LogP contribution in [0.1, 0.15) is 94.7 Å². The summed E-state index contributed by atoms with van der Waals surface area (Å²) in [6, 6.07) is 8.82. The number of halogens is 2. The predicted molar refractivity (Wildman–Crippen MR) is 235 cm³/mol. The number of carbonyl (C=O) groups excluding carboxylic acids is 3. The molecule has 14 heteroatoms. The van der Waals surface area contributed by atoms with E-state index < -0.39 is 63.7 Å². The number of ether oxygens (including phenoxy) is 4. The fourth-order valence-corrected chi connectivity index (χ4v) is 13.2. The maximum atomic E-state index is 15.6. The van der Waals surface area contributed by atoms with Gasteiger partial charge in [0.25, 0.3) is 0 Å². The second kappa shape index (κ2) is 16.2. The van der Waals surface area contributed by atoms with Crippen molar-refractivity contribution in [1.29, 1.82) is 0 Å². The number of H-pyrrole nitrogens is 1. The SMILES string of the molecule is CCc1ccc2[nH]c3c(c2c1)CCN(CC)CC(C(C)(F)F)CCC[C@]3(C(=O)OC)c1cc2c(cc1OC)N(C)[C@H]1[C@@](O)(C(=O)OC)[C@H](OC(C)=O)C3(CC)C=CCN4CC[C@]21[C@@H]43. The van der Waals surface area contributed by atoms with Gasteiger partial charge in [-0.05, 0) is 93.4 Å². The van der Waals surface area contributed by atoms with Gasteiger partial charge in [0.2, 0.25) is 11.5 Å². The zero-order valence-corrected chi connectivity index (χ0v) is 38.2. The fraction of sp³-hybridized carbons (Fsp3) is 0.612. The summed E-state index contributed by atoms with van der Waals surface area (Å²) in [5.41, 5.74) is -0.452. The third-order valence-electron chi connectivity index (χ3n) is 16.0. The van der Waals surface area contributed by atoms with E-state index in [2.05, 4.69) is 33.8 Å². The molecule has 5 aliphatic rings. The molecule has 3 aromatic rings. The number of fused-ring (bicyclic) bond motifs is 4. The number of aryl methyl sites for hydroxylation is 1. The summed E-state index contributed by atoms with van der Waals surface area (Å²) in [7, 11) is 5.96. The summed E-state index contributed by atoms with van der Waals surface area (Å²) in [6.45, 7) is 10.9. The van der Waals surface area contributed by atoms with Crippen molar-refractivity contribution in [1.82, 2.24) is 14.8 Å². The zero-order chi connectivity index (χ0) is 45.4. The molecule has 0 amide bonds. The average Bonchev–Trinajstić information content (AvgIpc) is 3.91. The van der Waals surface area contributed by atoms with Gasteiger partial charge in [-0.25, -0.2) is 13.6 Å². The van der Waals surface area contributed by atoms with Crippen LogP contribution >= 0.6 is 0 Å². The first-order chi connectivity index (χ1) is 30.0. The van der Waals surface area contributed by atoms with Gasteiger partial charge < -0.3 is 38.8 Å². The molecule has 8 rings (SSSR count). The van der Waals surface area contributed by atoms with E-state index in [-0.39, 0.29) is 31.8 Å². The quantitative estimate of drug-likeness (QED) is 0.139. The van der Waals surface area contributed by atoms with Crippen LogP contribution in [-0.2, 0) is 52.3 Å². The number of alkyl halides is 2. The topological polar surface area (TPSA) is 134 Å². The summed E-state index contributed by atoms with van der Waals surface area (Å²) in [5, 5.41) is 14.3. The van der Waals surface area contributed by atoms with Crippen molar-refractivity contribution < 1.29 is 47.2 Å². The van der Waals surface area contributed by atoms with Crippen LogP contribution < -0.4 is 9.64 Å². The Morgan fingerprint density at radius 3 is 2.37 bits per heavy atom. The number of nitrogens with one attached hydrogen (secondary N) is 1. The van der Waals surface area contributed by atoms with Crippen molar-refractivity contribution >= 4 is 34.5 Å². The Balaban J connectivity index is 1.46. The Labute approximate surface area is 369 Å². The Hall–Kier alpha value is -4.53. The zero-order valence-electron chi connectivity index (χ0n) is 38.2. The van der Waals surface area contributed by atoms with E-state index in [9.17, 15) is 14.7 Å². The van der Waals surface area contributed by atoms with E-state index in [4.69, 9.17) is 18.9 Å². The lowest BCUT2D eigenvalue weighted by Gasteiger charge is -2.63. The number of methoxy groups -OCH3 is 3. The molecular formula is C49H64F2N4O8. The molecule has 1 saturated heterocycles. The molecule has 63 heavy (non-hydrogen) atoms. The van der Waals surface area contributed by atoms with Gasteiger partial charge in [0, 0.05) is 90.3 Å². The number of esters is 3. The summed E-state index contributed by atoms with van der Waals surface area (Å²) >= 11 is 0. The monoisotopic (exact) mass is 874 g/mol. The van der Waals surface area contributed by atoms with Crippen LogP contribution in [0.5, 0.6) is 5.75 Å². The lowest BCUT2D eigenvalue weighted by atomic mass is 9.47. The highest BCUT2D eigenvalue weighted by Gasteiger charge is 2.80. The summed E-state index contributed by atoms with van der Waals surface area (Å²) < 4.78 is 54.9. The van der Waals surface area contributed by atoms with Crippen molar-refractivity contribution in [3.63, 3.8) is 0 Å². The molecule has 1 aliphatic carbocycles. The standard InChI is InChI=1S/C49H64F2N4O8/c1-10-30-16-17-36-33(25-30)32-18-23-54(12-3)28-31(45(5,50)51)15-13-20-47(39(32)52-36,43(57)61-8)35-26-34-37(27-38(35)60-7)53(6)41-48(34)21-24-55-22-14-19-46(11-2,40(48)55)42(63-29(4)56)49(41,59)44(58)62-9/h14,16-17,19,25-27,31,40-42,52,59H,10-13,15,18,20-24,28H2,1-9H3/t31?,40-,41+,42+,46?,47-,48+,49-/m0/s1. The van der Waals surface area contributed by atoms with Crippen LogP contribution in [0, 0.1) is 11.3 Å². The van der Waals surface area contributed by atoms with E-state index in [0.717, 1.165) is 40.9 Å². The van der Waals surface area contributed by atoms with Crippen LogP contribution in [0.2, 0.25) is 0 Å². The Morgan fingerprint density at radius 2 is 1.73 bits per heavy atom. The van der Waals surface area contributed by atoms with Gasteiger partial charge >= 0.3 is 17.9 Å². The van der Waals surface area contributed by atoms with Gasteiger partial charge in [-0.3, -0.25) is 14.5 Å². The molecule has 2 N–H and O–H groups in total. The normalized spacial score (nSPS) is 32.0. The summed E-state index contributed by atoms with van der Waals surface area (Å²) in [4.78, 5) is 52.9. The molecule has 2 unspecified atom stereocenters. The summed E-state index contributed by atoms with van der Waals surface area (Å²) in [5.74, 6) is -5.67. The number of nitrogens with zero attached hydrogens (tertiary/aromatic N) is 3. The van der Waals surface area contributed by atoms with Crippen LogP contribution in [0.25, 0.3) is 10.9 Å². The van der Waals surface area contributed by atoms with Crippen molar-refractivity contribution in [2.45, 2.75) is 120 Å². The van der Waals surface area contributed by atoms with E-state index in [1.54, 1.807) is 7.11 Å². The molecule has 2 aromatic carbocycles. The van der Waals surface area contributed by atoms with Crippen molar-refractivity contribution in [3.05, 3.63) is 70.4 Å². The Bertz CT molecular complexity index is 2330. The molecule has 12 nitrogen and oxygen atoms in total. The molecule has 2 fully saturated rings. The van der Waals surface area contributed by atoms with Crippen LogP contribution in [0.3, 0.4) is 0 Å². The maximum absolute atomic E-state index is 15.6. The number of rotatable bonds is 9. The lowest BCUT2D eigenvalue weighted by Crippen LogP contribution is -2.81. The second-order valence-electron chi connectivity index (χ2n) is 18.7. The number of anilines is 1. The first-order valence-corrected chi connectivity index (χ1v) is 22.7. The molecule has 5 heterocycles. The van der Waals surface area contributed by atoms with Gasteiger partial charge in [-0.1, -0.05) is 45.4 Å². The third-order valence-corrected chi connectivity index (χ3v) is 16.0. The van der Waals surface area contributed by atoms with Crippen molar-refractivity contribution in [2.24, 2.45) is 11.3 Å². The van der Waals surface area contributed by atoms with Gasteiger partial charge in [-0.2, -0.15) is 0 Å². The van der Waals surface area contributed by atoms with Gasteiger partial charge in [0.1, 0.15) is 11.2 Å². The highest BCUT2D eigenvalue weighted by atomic mass is 19.3. The molecule has 1 spiro atoms. The van der Waals surface area contributed by atoms with E-state index in [1.165, 1.54) is 21.1 Å². The number of aliphatic hydroxyl groups is 1. The summed E-state index contributed by atoms with van der Waals surface area (Å²) in [6.07, 6.45) is 5.48. The first-order valence-electron chi connectivity index (χ1n) is 22.7. The predicted octanol–water partition coefficient (Wildman–Crippen LogP) is 6.46. The van der Waals surface area contributed by atoms with Crippen LogP contribution in [0.4, 0.5) is 14.5 Å². The van der Waals surface area contributed by atoms with Crippen LogP contribution in [-0.4, -0.2) is 129 Å². The highest BCUT2D eigenvalue weighted by Crippen LogP contribution is 2.68. The van der Waals surface area contributed by atoms with Gasteiger partial charge in [-0.15, -0.1) is 0 Å². The molecule has 0 bridgehead atoms. The lowest BCUT2D eigenvalue weighted by molar-refractivity contribution is -0.228. The minimum atomic E-state index is -2.97. The number of carbonyl (C=O) groups is 3. The molecule has 1 aromatic heterocycles. The number of likely N-dealkylation sites (N-methyl/N-ethyl adjacent to an activating group) is 2. The van der Waals surface area contributed by atoms with E-state index >= 15 is 13.6 Å². The van der Waals surface area contributed by atoms with Crippen molar-refractivity contribution in [2.75, 3.05) is 66.0 Å². The molecule has 342 valence electrons. The van der Waals surface area contributed by atoms with Gasteiger partial charge in [0.15, 0.2) is 6.10 Å². The smallest absolute Gasteiger partial charge is 0.344 e. The number of aromatic nitrogens is 1. The molecule has 4 aliphatic heterocycles.